The number of thiophene rings is 1. The molecule has 0 aliphatic heterocycles. The molecule has 2 aromatic heterocycles. The molecule has 3 N–H and O–H groups in total. The summed E-state index contributed by atoms with van der Waals surface area (Å²) in [6.07, 6.45) is 0.283. The largest absolute Gasteiger partial charge is 0.480 e. The molecule has 0 amide bonds. The van der Waals surface area contributed by atoms with Crippen molar-refractivity contribution in [3.8, 4) is 11.8 Å². The van der Waals surface area contributed by atoms with Crippen molar-refractivity contribution in [2.45, 2.75) is 23.6 Å². The second-order valence-corrected chi connectivity index (χ2v) is 10.8. The first-order valence-corrected chi connectivity index (χ1v) is 12.5. The lowest BCUT2D eigenvalue weighted by molar-refractivity contribution is -0.138. The van der Waals surface area contributed by atoms with Crippen LogP contribution in [0.1, 0.15) is 21.6 Å². The predicted molar refractivity (Wildman–Crippen MR) is 125 cm³/mol. The maximum absolute atomic E-state index is 14.3. The molecule has 1 atom stereocenters. The van der Waals surface area contributed by atoms with Gasteiger partial charge in [0, 0.05) is 23.6 Å². The Morgan fingerprint density at radius 1 is 1.03 bits per heavy atom. The van der Waals surface area contributed by atoms with Crippen LogP contribution in [0.2, 0.25) is 0 Å². The van der Waals surface area contributed by atoms with Gasteiger partial charge in [-0.05, 0) is 36.8 Å². The van der Waals surface area contributed by atoms with E-state index < -0.39 is 62.6 Å². The fraction of sp³-hybridized carbons (Fsp3) is 0.125. The SMILES string of the molecule is Cc1ccc(C#Cc2ccc(S(=O)(=O)N[C@H](Cc3c[nH]c4c(F)c(F)c(F)c(F)c34)C(=O)O)s2)cc1. The number of aromatic nitrogens is 1. The summed E-state index contributed by atoms with van der Waals surface area (Å²) in [6.45, 7) is 1.93. The van der Waals surface area contributed by atoms with Crippen LogP contribution in [0.5, 0.6) is 0 Å². The predicted octanol–water partition coefficient (Wildman–Crippen LogP) is 4.47. The number of fused-ring (bicyclic) bond motifs is 1. The minimum absolute atomic E-state index is 0.216. The topological polar surface area (TPSA) is 99.3 Å². The molecule has 0 fully saturated rings. The molecule has 4 rings (SSSR count). The zero-order valence-corrected chi connectivity index (χ0v) is 20.0. The maximum atomic E-state index is 14.3. The Kier molecular flexibility index (Phi) is 6.90. The van der Waals surface area contributed by atoms with Gasteiger partial charge in [-0.1, -0.05) is 29.5 Å². The number of H-pyrrole nitrogens is 1. The van der Waals surface area contributed by atoms with E-state index in [1.165, 1.54) is 12.1 Å². The van der Waals surface area contributed by atoms with Crippen LogP contribution >= 0.6 is 11.3 Å². The number of nitrogens with one attached hydrogen (secondary N) is 2. The van der Waals surface area contributed by atoms with E-state index in [4.69, 9.17) is 0 Å². The van der Waals surface area contributed by atoms with Crippen LogP contribution < -0.4 is 4.72 Å². The highest BCUT2D eigenvalue weighted by atomic mass is 32.2. The van der Waals surface area contributed by atoms with Gasteiger partial charge >= 0.3 is 5.97 Å². The second kappa shape index (κ2) is 9.77. The molecule has 0 saturated heterocycles. The van der Waals surface area contributed by atoms with Crippen molar-refractivity contribution in [3.05, 3.63) is 87.4 Å². The van der Waals surface area contributed by atoms with Crippen molar-refractivity contribution in [2.75, 3.05) is 0 Å². The Morgan fingerprint density at radius 3 is 2.36 bits per heavy atom. The number of carboxylic acid groups (broad SMARTS) is 1. The standard InChI is InChI=1S/C24H16F4N2O4S2/c1-12-2-4-13(5-3-12)6-7-15-8-9-17(35-15)36(33,34)30-16(24(31)32)10-14-11-29-23-18(14)19(25)20(26)21(27)22(23)28/h2-5,8-9,11,16,29-30H,10H2,1H3,(H,31,32)/t16-/m1/s1. The molecule has 0 radical (unpaired) electrons. The summed E-state index contributed by atoms with van der Waals surface area (Å²) in [5, 5.41) is 8.85. The fourth-order valence-electron chi connectivity index (χ4n) is 3.41. The summed E-state index contributed by atoms with van der Waals surface area (Å²) in [5.74, 6) is -3.37. The monoisotopic (exact) mass is 536 g/mol. The molecule has 36 heavy (non-hydrogen) atoms. The zero-order valence-electron chi connectivity index (χ0n) is 18.3. The van der Waals surface area contributed by atoms with Gasteiger partial charge in [-0.15, -0.1) is 11.3 Å². The van der Waals surface area contributed by atoms with Crippen molar-refractivity contribution in [1.82, 2.24) is 9.71 Å². The van der Waals surface area contributed by atoms with Gasteiger partial charge in [-0.2, -0.15) is 4.72 Å². The number of halogens is 4. The molecule has 2 heterocycles. The highest BCUT2D eigenvalue weighted by Gasteiger charge is 2.30. The lowest BCUT2D eigenvalue weighted by Crippen LogP contribution is -2.42. The second-order valence-electron chi connectivity index (χ2n) is 7.77. The number of aryl methyl sites for hydroxylation is 1. The molecule has 2 aromatic carbocycles. The van der Waals surface area contributed by atoms with Crippen molar-refractivity contribution < 1.29 is 35.9 Å². The fourth-order valence-corrected chi connectivity index (χ4v) is 5.77. The normalized spacial score (nSPS) is 12.4. The lowest BCUT2D eigenvalue weighted by atomic mass is 10.0. The molecule has 0 unspecified atom stereocenters. The van der Waals surface area contributed by atoms with E-state index in [0.29, 0.717) is 4.88 Å². The van der Waals surface area contributed by atoms with E-state index in [2.05, 4.69) is 16.8 Å². The quantitative estimate of drug-likeness (QED) is 0.147. The number of carboxylic acids is 1. The summed E-state index contributed by atoms with van der Waals surface area (Å²) < 4.78 is 82.9. The number of aliphatic carboxylic acids is 1. The molecule has 186 valence electrons. The Hall–Kier alpha value is -3.66. The molecule has 0 spiro atoms. The summed E-state index contributed by atoms with van der Waals surface area (Å²) in [6, 6.07) is 8.27. The van der Waals surface area contributed by atoms with E-state index in [0.717, 1.165) is 28.7 Å². The smallest absolute Gasteiger partial charge is 0.322 e. The van der Waals surface area contributed by atoms with Crippen LogP contribution in [0.25, 0.3) is 10.9 Å². The third kappa shape index (κ3) is 4.99. The van der Waals surface area contributed by atoms with Gasteiger partial charge in [0.2, 0.25) is 0 Å². The number of hydrogen-bond acceptors (Lipinski definition) is 4. The van der Waals surface area contributed by atoms with E-state index >= 15 is 0 Å². The number of aromatic amines is 1. The van der Waals surface area contributed by atoms with Gasteiger partial charge in [0.15, 0.2) is 23.3 Å². The minimum Gasteiger partial charge on any atom is -0.480 e. The van der Waals surface area contributed by atoms with Crippen LogP contribution in [-0.4, -0.2) is 30.5 Å². The number of hydrogen-bond donors (Lipinski definition) is 3. The molecule has 12 heteroatoms. The van der Waals surface area contributed by atoms with Crippen molar-refractivity contribution in [3.63, 3.8) is 0 Å². The molecule has 0 saturated carbocycles. The highest BCUT2D eigenvalue weighted by molar-refractivity contribution is 7.91. The Morgan fingerprint density at radius 2 is 1.69 bits per heavy atom. The summed E-state index contributed by atoms with van der Waals surface area (Å²) in [5.41, 5.74) is 0.817. The first kappa shape index (κ1) is 25.4. The van der Waals surface area contributed by atoms with Gasteiger partial charge in [0.1, 0.15) is 10.3 Å². The molecule has 0 aliphatic carbocycles. The third-order valence-electron chi connectivity index (χ3n) is 5.23. The maximum Gasteiger partial charge on any atom is 0.322 e. The van der Waals surface area contributed by atoms with Crippen LogP contribution in [0.3, 0.4) is 0 Å². The number of benzene rings is 2. The number of rotatable bonds is 6. The Bertz CT molecular complexity index is 1650. The number of carbonyl (C=O) groups is 1. The van der Waals surface area contributed by atoms with Crippen LogP contribution in [0.15, 0.2) is 46.8 Å². The summed E-state index contributed by atoms with van der Waals surface area (Å²) >= 11 is 0.810. The Balaban J connectivity index is 1.58. The van der Waals surface area contributed by atoms with E-state index in [1.54, 1.807) is 0 Å². The first-order chi connectivity index (χ1) is 17.0. The van der Waals surface area contributed by atoms with E-state index in [9.17, 15) is 35.9 Å². The zero-order chi connectivity index (χ0) is 26.2. The molecule has 4 aromatic rings. The van der Waals surface area contributed by atoms with Gasteiger partial charge in [0.05, 0.1) is 10.4 Å². The molecular formula is C24H16F4N2O4S2. The Labute approximate surface area is 206 Å². The van der Waals surface area contributed by atoms with Crippen LogP contribution in [0.4, 0.5) is 17.6 Å². The molecular weight excluding hydrogens is 520 g/mol. The lowest BCUT2D eigenvalue weighted by Gasteiger charge is -2.14. The van der Waals surface area contributed by atoms with Crippen LogP contribution in [-0.2, 0) is 21.2 Å². The third-order valence-corrected chi connectivity index (χ3v) is 8.19. The van der Waals surface area contributed by atoms with Gasteiger partial charge in [0.25, 0.3) is 10.0 Å². The molecule has 0 aliphatic rings. The van der Waals surface area contributed by atoms with E-state index in [1.807, 2.05) is 35.9 Å². The van der Waals surface area contributed by atoms with Gasteiger partial charge < -0.3 is 10.1 Å². The van der Waals surface area contributed by atoms with Gasteiger partial charge in [-0.25, -0.2) is 26.0 Å². The highest BCUT2D eigenvalue weighted by Crippen LogP contribution is 2.30. The van der Waals surface area contributed by atoms with Crippen LogP contribution in [0, 0.1) is 42.0 Å². The van der Waals surface area contributed by atoms with E-state index in [-0.39, 0.29) is 9.77 Å². The van der Waals surface area contributed by atoms with Crippen molar-refractivity contribution in [2.24, 2.45) is 0 Å². The average molecular weight is 537 g/mol. The summed E-state index contributed by atoms with van der Waals surface area (Å²) in [4.78, 5) is 14.4. The van der Waals surface area contributed by atoms with Crippen molar-refractivity contribution in [1.29, 1.82) is 0 Å². The average Bonchev–Trinajstić information content (AvgIpc) is 3.48. The molecule has 0 bridgehead atoms. The van der Waals surface area contributed by atoms with Gasteiger partial charge in [-0.3, -0.25) is 4.79 Å². The first-order valence-electron chi connectivity index (χ1n) is 10.2. The minimum atomic E-state index is -4.35. The van der Waals surface area contributed by atoms with Crippen molar-refractivity contribution >= 4 is 38.2 Å². The molecule has 6 nitrogen and oxygen atoms in total. The summed E-state index contributed by atoms with van der Waals surface area (Å²) in [7, 11) is -4.35. The number of sulfonamides is 1.